The summed E-state index contributed by atoms with van der Waals surface area (Å²) >= 11 is 6.01. The summed E-state index contributed by atoms with van der Waals surface area (Å²) in [6.07, 6.45) is 5.47. The second-order valence-corrected chi connectivity index (χ2v) is 7.63. The number of carbonyl (C=O) groups is 2. The Morgan fingerprint density at radius 2 is 1.93 bits per heavy atom. The largest absolute Gasteiger partial charge is 0.325 e. The smallest absolute Gasteiger partial charge is 0.323 e. The van der Waals surface area contributed by atoms with Crippen LogP contribution in [0.15, 0.2) is 48.8 Å². The molecule has 1 aromatic carbocycles. The van der Waals surface area contributed by atoms with E-state index in [1.807, 2.05) is 18.2 Å². The van der Waals surface area contributed by atoms with E-state index in [4.69, 9.17) is 11.6 Å². The van der Waals surface area contributed by atoms with E-state index in [9.17, 15) is 9.59 Å². The number of halogens is 1. The van der Waals surface area contributed by atoms with Gasteiger partial charge >= 0.3 is 6.03 Å². The third kappa shape index (κ3) is 2.59. The van der Waals surface area contributed by atoms with Gasteiger partial charge < -0.3 is 9.72 Å². The molecule has 3 heterocycles. The summed E-state index contributed by atoms with van der Waals surface area (Å²) in [5.41, 5.74) is 2.91. The number of nitrogens with zero attached hydrogens (tertiary/aromatic N) is 3. The summed E-state index contributed by atoms with van der Waals surface area (Å²) in [7, 11) is 0. The molecule has 2 aromatic heterocycles. The van der Waals surface area contributed by atoms with E-state index >= 15 is 0 Å². The maximum absolute atomic E-state index is 13.2. The van der Waals surface area contributed by atoms with E-state index in [0.29, 0.717) is 23.6 Å². The Morgan fingerprint density at radius 1 is 1.11 bits per heavy atom. The number of imidazole rings is 1. The number of pyridine rings is 1. The van der Waals surface area contributed by atoms with E-state index in [0.717, 1.165) is 17.6 Å². The van der Waals surface area contributed by atoms with Crippen molar-refractivity contribution in [3.8, 4) is 0 Å². The Hall–Kier alpha value is -2.86. The molecule has 6 nitrogen and oxygen atoms in total. The van der Waals surface area contributed by atoms with Gasteiger partial charge in [-0.05, 0) is 36.1 Å². The minimum absolute atomic E-state index is 0.146. The summed E-state index contributed by atoms with van der Waals surface area (Å²) in [6.45, 7) is 0.146. The Bertz CT molecular complexity index is 1090. The molecule has 1 spiro atoms. The fourth-order valence-corrected chi connectivity index (χ4v) is 4.27. The maximum atomic E-state index is 13.2. The van der Waals surface area contributed by atoms with Crippen molar-refractivity contribution < 1.29 is 9.59 Å². The van der Waals surface area contributed by atoms with E-state index in [-0.39, 0.29) is 18.5 Å². The summed E-state index contributed by atoms with van der Waals surface area (Å²) in [5, 5.41) is 3.55. The summed E-state index contributed by atoms with van der Waals surface area (Å²) in [4.78, 5) is 31.5. The van der Waals surface area contributed by atoms with Crippen molar-refractivity contribution in [2.75, 3.05) is 0 Å². The highest BCUT2D eigenvalue weighted by Crippen LogP contribution is 2.34. The molecule has 2 aliphatic rings. The van der Waals surface area contributed by atoms with Gasteiger partial charge in [-0.2, -0.15) is 0 Å². The first kappa shape index (κ1) is 16.3. The van der Waals surface area contributed by atoms with E-state index in [2.05, 4.69) is 16.4 Å². The average Bonchev–Trinajstić information content (AvgIpc) is 3.15. The molecule has 3 amide bonds. The molecule has 1 aliphatic carbocycles. The first-order chi connectivity index (χ1) is 13.0. The van der Waals surface area contributed by atoms with Gasteiger partial charge in [-0.1, -0.05) is 35.9 Å². The zero-order valence-corrected chi connectivity index (χ0v) is 15.2. The van der Waals surface area contributed by atoms with Crippen LogP contribution >= 0.6 is 11.6 Å². The Morgan fingerprint density at radius 3 is 2.78 bits per heavy atom. The van der Waals surface area contributed by atoms with Crippen molar-refractivity contribution >= 4 is 29.2 Å². The molecule has 5 rings (SSSR count). The Kier molecular flexibility index (Phi) is 3.52. The predicted octanol–water partition coefficient (Wildman–Crippen LogP) is 2.97. The number of aromatic nitrogens is 2. The van der Waals surface area contributed by atoms with Gasteiger partial charge in [-0.25, -0.2) is 9.78 Å². The Balaban J connectivity index is 1.42. The molecular formula is C20H17ClN4O2. The number of imide groups is 1. The normalized spacial score (nSPS) is 21.7. The van der Waals surface area contributed by atoms with Crippen LogP contribution in [-0.2, 0) is 24.2 Å². The SMILES string of the molecule is O=C1NC2(CCc3ccccc3C2)C(=O)N1Cc1cn2cc(Cl)ccc2n1. The van der Waals surface area contributed by atoms with Crippen molar-refractivity contribution in [2.24, 2.45) is 0 Å². The van der Waals surface area contributed by atoms with Crippen LogP contribution in [0.2, 0.25) is 5.02 Å². The summed E-state index contributed by atoms with van der Waals surface area (Å²) < 4.78 is 1.79. The van der Waals surface area contributed by atoms with Crippen molar-refractivity contribution in [3.05, 3.63) is 70.6 Å². The molecule has 0 bridgehead atoms. The highest BCUT2D eigenvalue weighted by atomic mass is 35.5. The molecule has 1 saturated heterocycles. The first-order valence-electron chi connectivity index (χ1n) is 8.88. The molecule has 1 aliphatic heterocycles. The standard InChI is InChI=1S/C20H17ClN4O2/c21-15-5-6-17-22-16(11-24(17)10-15)12-25-18(26)20(23-19(25)27)8-7-13-3-1-2-4-14(13)9-20/h1-6,10-11H,7-9,12H2,(H,23,27). The lowest BCUT2D eigenvalue weighted by atomic mass is 9.78. The molecule has 3 aromatic rings. The van der Waals surface area contributed by atoms with Gasteiger partial charge in [0.05, 0.1) is 17.3 Å². The number of nitrogens with one attached hydrogen (secondary N) is 1. The lowest BCUT2D eigenvalue weighted by Crippen LogP contribution is -2.51. The number of rotatable bonds is 2. The minimum atomic E-state index is -0.839. The van der Waals surface area contributed by atoms with Crippen LogP contribution < -0.4 is 5.32 Å². The molecule has 7 heteroatoms. The van der Waals surface area contributed by atoms with Gasteiger partial charge in [0, 0.05) is 18.8 Å². The first-order valence-corrected chi connectivity index (χ1v) is 9.26. The lowest BCUT2D eigenvalue weighted by Gasteiger charge is -2.32. The highest BCUT2D eigenvalue weighted by Gasteiger charge is 2.52. The number of hydrogen-bond donors (Lipinski definition) is 1. The molecule has 0 saturated carbocycles. The van der Waals surface area contributed by atoms with Gasteiger partial charge in [-0.3, -0.25) is 9.69 Å². The minimum Gasteiger partial charge on any atom is -0.323 e. The molecule has 1 unspecified atom stereocenters. The van der Waals surface area contributed by atoms with Crippen LogP contribution in [0, 0.1) is 0 Å². The highest BCUT2D eigenvalue weighted by molar-refractivity contribution is 6.30. The van der Waals surface area contributed by atoms with Crippen LogP contribution in [-0.4, -0.2) is 31.8 Å². The Labute approximate surface area is 160 Å². The van der Waals surface area contributed by atoms with Crippen molar-refractivity contribution in [1.29, 1.82) is 0 Å². The van der Waals surface area contributed by atoms with Crippen molar-refractivity contribution in [2.45, 2.75) is 31.3 Å². The molecule has 1 atom stereocenters. The van der Waals surface area contributed by atoms with Gasteiger partial charge in [0.2, 0.25) is 0 Å². The van der Waals surface area contributed by atoms with Crippen LogP contribution in [0.1, 0.15) is 23.2 Å². The molecule has 136 valence electrons. The van der Waals surface area contributed by atoms with Crippen LogP contribution in [0.5, 0.6) is 0 Å². The van der Waals surface area contributed by atoms with Gasteiger partial charge in [0.15, 0.2) is 0 Å². The lowest BCUT2D eigenvalue weighted by molar-refractivity contribution is -0.132. The summed E-state index contributed by atoms with van der Waals surface area (Å²) in [6, 6.07) is 11.3. The number of fused-ring (bicyclic) bond motifs is 2. The average molecular weight is 381 g/mol. The van der Waals surface area contributed by atoms with E-state index in [1.54, 1.807) is 28.9 Å². The van der Waals surface area contributed by atoms with Gasteiger partial charge in [0.25, 0.3) is 5.91 Å². The van der Waals surface area contributed by atoms with E-state index < -0.39 is 5.54 Å². The number of benzene rings is 1. The third-order valence-electron chi connectivity index (χ3n) is 5.46. The van der Waals surface area contributed by atoms with Crippen LogP contribution in [0.25, 0.3) is 5.65 Å². The molecule has 27 heavy (non-hydrogen) atoms. The van der Waals surface area contributed by atoms with Gasteiger partial charge in [0.1, 0.15) is 11.2 Å². The number of amides is 3. The zero-order chi connectivity index (χ0) is 18.6. The molecule has 1 N–H and O–H groups in total. The summed E-state index contributed by atoms with van der Waals surface area (Å²) in [5.74, 6) is -0.169. The number of carbonyl (C=O) groups excluding carboxylic acids is 2. The van der Waals surface area contributed by atoms with Crippen molar-refractivity contribution in [1.82, 2.24) is 19.6 Å². The van der Waals surface area contributed by atoms with Crippen LogP contribution in [0.3, 0.4) is 0 Å². The van der Waals surface area contributed by atoms with E-state index in [1.165, 1.54) is 10.5 Å². The second kappa shape index (κ2) is 5.82. The third-order valence-corrected chi connectivity index (χ3v) is 5.69. The number of urea groups is 1. The van der Waals surface area contributed by atoms with Crippen LogP contribution in [0.4, 0.5) is 4.79 Å². The maximum Gasteiger partial charge on any atom is 0.325 e. The van der Waals surface area contributed by atoms with Gasteiger partial charge in [-0.15, -0.1) is 0 Å². The topological polar surface area (TPSA) is 66.7 Å². The molecule has 1 fully saturated rings. The molecular weight excluding hydrogens is 364 g/mol. The quantitative estimate of drug-likeness (QED) is 0.695. The zero-order valence-electron chi connectivity index (χ0n) is 14.5. The number of hydrogen-bond acceptors (Lipinski definition) is 3. The molecule has 0 radical (unpaired) electrons. The fraction of sp³-hybridized carbons (Fsp3) is 0.250. The predicted molar refractivity (Wildman–Crippen MR) is 100 cm³/mol. The number of aryl methyl sites for hydroxylation is 1. The monoisotopic (exact) mass is 380 g/mol. The van der Waals surface area contributed by atoms with Crippen molar-refractivity contribution in [3.63, 3.8) is 0 Å². The second-order valence-electron chi connectivity index (χ2n) is 7.19. The fourth-order valence-electron chi connectivity index (χ4n) is 4.10.